The van der Waals surface area contributed by atoms with Crippen molar-refractivity contribution in [3.8, 4) is 5.75 Å². The summed E-state index contributed by atoms with van der Waals surface area (Å²) in [6.45, 7) is 4.68. The first kappa shape index (κ1) is 22.9. The number of fused-ring (bicyclic) bond motifs is 1. The summed E-state index contributed by atoms with van der Waals surface area (Å²) in [5.41, 5.74) is 2.95. The molecule has 1 saturated heterocycles. The third-order valence-corrected chi connectivity index (χ3v) is 6.02. The molecule has 0 bridgehead atoms. The molecule has 4 heterocycles. The van der Waals surface area contributed by atoms with Crippen LogP contribution in [0, 0.1) is 0 Å². The van der Waals surface area contributed by atoms with Crippen LogP contribution in [0.3, 0.4) is 0 Å². The fourth-order valence-corrected chi connectivity index (χ4v) is 4.25. The summed E-state index contributed by atoms with van der Waals surface area (Å²) in [5.74, 6) is 0.512. The van der Waals surface area contributed by atoms with Crippen LogP contribution in [0.5, 0.6) is 5.75 Å². The van der Waals surface area contributed by atoms with E-state index in [1.807, 2.05) is 12.1 Å². The lowest BCUT2D eigenvalue weighted by molar-refractivity contribution is 0.0975. The van der Waals surface area contributed by atoms with Gasteiger partial charge in [-0.15, -0.1) is 0 Å². The van der Waals surface area contributed by atoms with Gasteiger partial charge in [0.25, 0.3) is 11.8 Å². The van der Waals surface area contributed by atoms with Crippen LogP contribution in [-0.2, 0) is 11.3 Å². The topological polar surface area (TPSA) is 109 Å². The Labute approximate surface area is 202 Å². The highest BCUT2D eigenvalue weighted by Gasteiger charge is 2.31. The van der Waals surface area contributed by atoms with Crippen LogP contribution in [-0.4, -0.2) is 63.3 Å². The van der Waals surface area contributed by atoms with E-state index < -0.39 is 5.91 Å². The number of nitrogens with zero attached hydrogens (tertiary/aromatic N) is 3. The number of nitrogens with one attached hydrogen (secondary N) is 2. The van der Waals surface area contributed by atoms with Gasteiger partial charge in [-0.05, 0) is 35.9 Å². The van der Waals surface area contributed by atoms with E-state index in [1.54, 1.807) is 43.8 Å². The first-order valence-corrected chi connectivity index (χ1v) is 11.5. The molecule has 10 nitrogen and oxygen atoms in total. The molecule has 1 aromatic carbocycles. The SMILES string of the molecule is COCCOc1ccc2c(c1)CN(c1ccc(C(=O)Nc3cnccc3N3CCNCC3)o1)C2=O. The van der Waals surface area contributed by atoms with Crippen LogP contribution < -0.4 is 25.2 Å². The van der Waals surface area contributed by atoms with Gasteiger partial charge in [-0.2, -0.15) is 0 Å². The van der Waals surface area contributed by atoms with Crippen molar-refractivity contribution in [1.82, 2.24) is 10.3 Å². The van der Waals surface area contributed by atoms with Crippen LogP contribution in [0.2, 0.25) is 0 Å². The van der Waals surface area contributed by atoms with E-state index in [9.17, 15) is 9.59 Å². The number of anilines is 3. The van der Waals surface area contributed by atoms with Gasteiger partial charge >= 0.3 is 0 Å². The van der Waals surface area contributed by atoms with Gasteiger partial charge in [-0.25, -0.2) is 0 Å². The molecule has 2 aliphatic rings. The average molecular weight is 478 g/mol. The fourth-order valence-electron chi connectivity index (χ4n) is 4.25. The predicted molar refractivity (Wildman–Crippen MR) is 130 cm³/mol. The summed E-state index contributed by atoms with van der Waals surface area (Å²) in [4.78, 5) is 33.8. The number of hydrogen-bond acceptors (Lipinski definition) is 8. The molecule has 0 aliphatic carbocycles. The number of hydrogen-bond donors (Lipinski definition) is 2. The minimum Gasteiger partial charge on any atom is -0.491 e. The number of amides is 2. The highest BCUT2D eigenvalue weighted by molar-refractivity contribution is 6.10. The van der Waals surface area contributed by atoms with Gasteiger partial charge in [0.2, 0.25) is 5.88 Å². The fraction of sp³-hybridized carbons (Fsp3) is 0.320. The summed E-state index contributed by atoms with van der Waals surface area (Å²) >= 11 is 0. The smallest absolute Gasteiger partial charge is 0.291 e. The van der Waals surface area contributed by atoms with E-state index >= 15 is 0 Å². The lowest BCUT2D eigenvalue weighted by Gasteiger charge is -2.30. The molecule has 2 N–H and O–H groups in total. The average Bonchev–Trinajstić information content (AvgIpc) is 3.50. The van der Waals surface area contributed by atoms with Crippen LogP contribution in [0.15, 0.2) is 53.2 Å². The van der Waals surface area contributed by atoms with Crippen molar-refractivity contribution in [2.24, 2.45) is 0 Å². The zero-order valence-corrected chi connectivity index (χ0v) is 19.5. The monoisotopic (exact) mass is 477 g/mol. The van der Waals surface area contributed by atoms with Gasteiger partial charge in [0.15, 0.2) is 5.76 Å². The van der Waals surface area contributed by atoms with Gasteiger partial charge in [0.05, 0.1) is 30.7 Å². The van der Waals surface area contributed by atoms with Crippen molar-refractivity contribution in [1.29, 1.82) is 0 Å². The van der Waals surface area contributed by atoms with Crippen molar-refractivity contribution in [2.75, 3.05) is 61.6 Å². The Morgan fingerprint density at radius 1 is 1.17 bits per heavy atom. The highest BCUT2D eigenvalue weighted by Crippen LogP contribution is 2.32. The predicted octanol–water partition coefficient (Wildman–Crippen LogP) is 2.52. The lowest BCUT2D eigenvalue weighted by Crippen LogP contribution is -2.43. The molecule has 10 heteroatoms. The Balaban J connectivity index is 1.28. The number of carbonyl (C=O) groups is 2. The third-order valence-electron chi connectivity index (χ3n) is 6.02. The Kier molecular flexibility index (Phi) is 6.64. The standard InChI is InChI=1S/C25H27N5O5/c1-33-12-13-34-18-2-3-19-17(14-18)16-30(25(19)32)23-5-4-22(35-23)24(31)28-20-15-27-7-6-21(20)29-10-8-26-9-11-29/h2-7,14-15,26H,8-13,16H2,1H3,(H,28,31). The van der Waals surface area contributed by atoms with E-state index in [1.165, 1.54) is 4.90 Å². The summed E-state index contributed by atoms with van der Waals surface area (Å²) in [6.07, 6.45) is 3.34. The van der Waals surface area contributed by atoms with Gasteiger partial charge in [-0.3, -0.25) is 19.5 Å². The maximum Gasteiger partial charge on any atom is 0.291 e. The maximum absolute atomic E-state index is 13.0. The molecule has 3 aromatic rings. The summed E-state index contributed by atoms with van der Waals surface area (Å²) in [6, 6.07) is 10.5. The number of piperazine rings is 1. The van der Waals surface area contributed by atoms with Crippen LogP contribution in [0.4, 0.5) is 17.3 Å². The number of aromatic nitrogens is 1. The molecule has 2 aliphatic heterocycles. The number of methoxy groups -OCH3 is 1. The molecule has 0 spiro atoms. The van der Waals surface area contributed by atoms with E-state index in [-0.39, 0.29) is 11.7 Å². The van der Waals surface area contributed by atoms with Crippen molar-refractivity contribution in [3.05, 3.63) is 65.7 Å². The molecule has 5 rings (SSSR count). The number of pyridine rings is 1. The van der Waals surface area contributed by atoms with Gasteiger partial charge < -0.3 is 29.4 Å². The summed E-state index contributed by atoms with van der Waals surface area (Å²) < 4.78 is 16.5. The molecule has 0 radical (unpaired) electrons. The molecular weight excluding hydrogens is 450 g/mol. The zero-order valence-electron chi connectivity index (χ0n) is 19.5. The normalized spacial score (nSPS) is 15.3. The van der Waals surface area contributed by atoms with Gasteiger partial charge in [-0.1, -0.05) is 0 Å². The van der Waals surface area contributed by atoms with E-state index in [4.69, 9.17) is 13.9 Å². The minimum absolute atomic E-state index is 0.113. The Morgan fingerprint density at radius 3 is 2.86 bits per heavy atom. The van der Waals surface area contributed by atoms with Crippen LogP contribution >= 0.6 is 0 Å². The van der Waals surface area contributed by atoms with Crippen molar-refractivity contribution < 1.29 is 23.5 Å². The van der Waals surface area contributed by atoms with Crippen molar-refractivity contribution >= 4 is 29.1 Å². The molecule has 1 fully saturated rings. The molecule has 182 valence electrons. The van der Waals surface area contributed by atoms with E-state index in [0.717, 1.165) is 37.4 Å². The number of rotatable bonds is 8. The second kappa shape index (κ2) is 10.2. The van der Waals surface area contributed by atoms with Crippen LogP contribution in [0.25, 0.3) is 0 Å². The number of furan rings is 1. The molecule has 2 amide bonds. The summed E-state index contributed by atoms with van der Waals surface area (Å²) in [7, 11) is 1.61. The molecule has 35 heavy (non-hydrogen) atoms. The Morgan fingerprint density at radius 2 is 2.03 bits per heavy atom. The molecule has 2 aromatic heterocycles. The van der Waals surface area contributed by atoms with Crippen molar-refractivity contribution in [2.45, 2.75) is 6.54 Å². The second-order valence-electron chi connectivity index (χ2n) is 8.27. The lowest BCUT2D eigenvalue weighted by atomic mass is 10.1. The number of ether oxygens (including phenoxy) is 2. The number of carbonyl (C=O) groups excluding carboxylic acids is 2. The first-order valence-electron chi connectivity index (χ1n) is 11.5. The molecule has 0 unspecified atom stereocenters. The highest BCUT2D eigenvalue weighted by atomic mass is 16.5. The second-order valence-corrected chi connectivity index (χ2v) is 8.27. The zero-order chi connectivity index (χ0) is 24.2. The first-order chi connectivity index (χ1) is 17.1. The Hall–Kier alpha value is -3.89. The minimum atomic E-state index is -0.404. The molecular formula is C25H27N5O5. The van der Waals surface area contributed by atoms with E-state index in [2.05, 4.69) is 20.5 Å². The summed E-state index contributed by atoms with van der Waals surface area (Å²) in [5, 5.41) is 6.22. The van der Waals surface area contributed by atoms with E-state index in [0.29, 0.717) is 42.6 Å². The molecule has 0 atom stereocenters. The van der Waals surface area contributed by atoms with Crippen molar-refractivity contribution in [3.63, 3.8) is 0 Å². The molecule has 0 saturated carbocycles. The third kappa shape index (κ3) is 4.84. The number of benzene rings is 1. The quantitative estimate of drug-likeness (QED) is 0.477. The largest absolute Gasteiger partial charge is 0.491 e. The van der Waals surface area contributed by atoms with Gasteiger partial charge in [0.1, 0.15) is 12.4 Å². The Bertz CT molecular complexity index is 1220. The van der Waals surface area contributed by atoms with Crippen LogP contribution in [0.1, 0.15) is 26.5 Å². The van der Waals surface area contributed by atoms with Gasteiger partial charge in [0, 0.05) is 51.1 Å². The maximum atomic E-state index is 13.0.